The van der Waals surface area contributed by atoms with Gasteiger partial charge in [-0.05, 0) is 43.9 Å². The summed E-state index contributed by atoms with van der Waals surface area (Å²) in [5, 5.41) is 0. The van der Waals surface area contributed by atoms with Crippen molar-refractivity contribution < 1.29 is 9.53 Å². The molecule has 3 nitrogen and oxygen atoms in total. The largest absolute Gasteiger partial charge is 0.457 e. The lowest BCUT2D eigenvalue weighted by molar-refractivity contribution is -0.151. The average molecular weight is 368 g/mol. The van der Waals surface area contributed by atoms with Crippen molar-refractivity contribution in [2.24, 2.45) is 5.92 Å². The topological polar surface area (TPSA) is 39.2 Å². The van der Waals surface area contributed by atoms with Crippen LogP contribution in [0.1, 0.15) is 70.9 Å². The summed E-state index contributed by atoms with van der Waals surface area (Å²) in [5.41, 5.74) is 2.12. The molecule has 2 unspecified atom stereocenters. The number of hydrogen-bond acceptors (Lipinski definition) is 3. The van der Waals surface area contributed by atoms with Crippen LogP contribution < -0.4 is 0 Å². The number of rotatable bonds is 4. The zero-order valence-corrected chi connectivity index (χ0v) is 16.9. The summed E-state index contributed by atoms with van der Waals surface area (Å²) in [6.45, 7) is 6.15. The van der Waals surface area contributed by atoms with Crippen molar-refractivity contribution in [2.45, 2.75) is 71.3 Å². The van der Waals surface area contributed by atoms with Crippen LogP contribution in [0.15, 0.2) is 60.3 Å². The Labute approximate surface area is 164 Å². The number of hydrogen-bond donors (Lipinski definition) is 0. The van der Waals surface area contributed by atoms with Crippen LogP contribution in [0.4, 0.5) is 0 Å². The third-order valence-corrected chi connectivity index (χ3v) is 5.11. The molecule has 3 heteroatoms. The molecule has 0 aliphatic carbocycles. The highest BCUT2D eigenvalue weighted by atomic mass is 16.5. The van der Waals surface area contributed by atoms with E-state index in [1.807, 2.05) is 44.3 Å². The zero-order valence-electron chi connectivity index (χ0n) is 16.9. The first kappa shape index (κ1) is 21.1. The van der Waals surface area contributed by atoms with Gasteiger partial charge < -0.3 is 4.74 Å². The molecule has 3 atom stereocenters. The summed E-state index contributed by atoms with van der Waals surface area (Å²) in [7, 11) is 0. The Morgan fingerprint density at radius 3 is 2.89 bits per heavy atom. The SMILES string of the molecule is C/C(=C\C=C\[C@@H](C)c1ccccn1)C1C/C=C\CCCCCC(C)C(=O)O1. The van der Waals surface area contributed by atoms with E-state index in [9.17, 15) is 4.79 Å². The smallest absolute Gasteiger partial charge is 0.309 e. The van der Waals surface area contributed by atoms with Gasteiger partial charge >= 0.3 is 5.97 Å². The zero-order chi connectivity index (χ0) is 19.5. The lowest BCUT2D eigenvalue weighted by atomic mass is 10.0. The first-order valence-electron chi connectivity index (χ1n) is 10.2. The Bertz CT molecular complexity index is 660. The normalized spacial score (nSPS) is 25.3. The number of allylic oxidation sites excluding steroid dienone is 4. The van der Waals surface area contributed by atoms with Crippen molar-refractivity contribution in [2.75, 3.05) is 0 Å². The molecule has 1 aromatic heterocycles. The van der Waals surface area contributed by atoms with Crippen LogP contribution >= 0.6 is 0 Å². The monoisotopic (exact) mass is 367 g/mol. The second-order valence-corrected chi connectivity index (χ2v) is 7.51. The first-order valence-corrected chi connectivity index (χ1v) is 10.2. The van der Waals surface area contributed by atoms with E-state index in [0.29, 0.717) is 0 Å². The van der Waals surface area contributed by atoms with Gasteiger partial charge in [0.05, 0.1) is 5.92 Å². The number of carbonyl (C=O) groups excluding carboxylic acids is 1. The van der Waals surface area contributed by atoms with Crippen molar-refractivity contribution in [3.63, 3.8) is 0 Å². The quantitative estimate of drug-likeness (QED) is 0.364. The molecule has 2 rings (SSSR count). The Morgan fingerprint density at radius 2 is 2.11 bits per heavy atom. The molecule has 1 aliphatic heterocycles. The van der Waals surface area contributed by atoms with Crippen LogP contribution in [-0.4, -0.2) is 17.1 Å². The minimum atomic E-state index is -0.189. The third kappa shape index (κ3) is 7.54. The van der Waals surface area contributed by atoms with Crippen LogP contribution in [0.5, 0.6) is 0 Å². The van der Waals surface area contributed by atoms with Gasteiger partial charge in [-0.1, -0.05) is 63.1 Å². The second kappa shape index (κ2) is 11.5. The van der Waals surface area contributed by atoms with Gasteiger partial charge in [0.15, 0.2) is 0 Å². The van der Waals surface area contributed by atoms with Gasteiger partial charge in [-0.2, -0.15) is 0 Å². The first-order chi connectivity index (χ1) is 13.1. The molecule has 27 heavy (non-hydrogen) atoms. The molecular formula is C24H33NO2. The minimum absolute atomic E-state index is 0.0246. The highest BCUT2D eigenvalue weighted by Gasteiger charge is 2.20. The van der Waals surface area contributed by atoms with Gasteiger partial charge in [-0.3, -0.25) is 9.78 Å². The van der Waals surface area contributed by atoms with E-state index in [0.717, 1.165) is 37.0 Å². The molecule has 146 valence electrons. The number of aromatic nitrogens is 1. The summed E-state index contributed by atoms with van der Waals surface area (Å²) in [4.78, 5) is 16.8. The molecular weight excluding hydrogens is 334 g/mol. The molecule has 0 saturated carbocycles. The molecule has 0 fully saturated rings. The summed E-state index contributed by atoms with van der Waals surface area (Å²) in [5.74, 6) is 0.144. The van der Waals surface area contributed by atoms with Gasteiger partial charge in [-0.25, -0.2) is 0 Å². The van der Waals surface area contributed by atoms with E-state index in [-0.39, 0.29) is 23.9 Å². The maximum absolute atomic E-state index is 12.4. The van der Waals surface area contributed by atoms with Crippen LogP contribution in [-0.2, 0) is 9.53 Å². The Hall–Kier alpha value is -2.16. The number of carbonyl (C=O) groups is 1. The number of cyclic esters (lactones) is 1. The molecule has 0 radical (unpaired) electrons. The molecule has 0 bridgehead atoms. The fourth-order valence-electron chi connectivity index (χ4n) is 3.15. The van der Waals surface area contributed by atoms with Crippen molar-refractivity contribution in [1.82, 2.24) is 4.98 Å². The van der Waals surface area contributed by atoms with Gasteiger partial charge in [0.1, 0.15) is 6.10 Å². The van der Waals surface area contributed by atoms with Gasteiger partial charge in [0.2, 0.25) is 0 Å². The van der Waals surface area contributed by atoms with Crippen molar-refractivity contribution in [3.05, 3.63) is 66.0 Å². The van der Waals surface area contributed by atoms with E-state index in [2.05, 4.69) is 36.2 Å². The number of ether oxygens (including phenoxy) is 1. The predicted octanol–water partition coefficient (Wildman–Crippen LogP) is 6.15. The molecule has 0 N–H and O–H groups in total. The Kier molecular flexibility index (Phi) is 9.03. The number of nitrogens with zero attached hydrogens (tertiary/aromatic N) is 1. The van der Waals surface area contributed by atoms with Gasteiger partial charge in [0, 0.05) is 24.2 Å². The average Bonchev–Trinajstić information content (AvgIpc) is 2.68. The highest BCUT2D eigenvalue weighted by Crippen LogP contribution is 2.20. The molecule has 0 aromatic carbocycles. The Morgan fingerprint density at radius 1 is 1.26 bits per heavy atom. The highest BCUT2D eigenvalue weighted by molar-refractivity contribution is 5.72. The minimum Gasteiger partial charge on any atom is -0.457 e. The van der Waals surface area contributed by atoms with Gasteiger partial charge in [0.25, 0.3) is 0 Å². The summed E-state index contributed by atoms with van der Waals surface area (Å²) in [6.07, 6.45) is 18.5. The summed E-state index contributed by atoms with van der Waals surface area (Å²) < 4.78 is 5.83. The molecule has 1 aromatic rings. The fourth-order valence-corrected chi connectivity index (χ4v) is 3.15. The standard InChI is InChI=1S/C24H33NO2/c1-19(22-16-10-11-18-25-22)14-12-15-20(2)23-17-9-7-5-4-6-8-13-21(3)24(26)27-23/h7,9-12,14-16,18-19,21,23H,4-6,8,13,17H2,1-3H3/b9-7-,14-12+,20-15+/t19-,21?,23?/m1/s1. The predicted molar refractivity (Wildman–Crippen MR) is 111 cm³/mol. The number of esters is 1. The van der Waals surface area contributed by atoms with E-state index < -0.39 is 0 Å². The summed E-state index contributed by atoms with van der Waals surface area (Å²) in [6, 6.07) is 5.97. The van der Waals surface area contributed by atoms with E-state index >= 15 is 0 Å². The van der Waals surface area contributed by atoms with Gasteiger partial charge in [-0.15, -0.1) is 0 Å². The Balaban J connectivity index is 2.04. The van der Waals surface area contributed by atoms with Crippen LogP contribution in [0, 0.1) is 5.92 Å². The maximum Gasteiger partial charge on any atom is 0.309 e. The molecule has 0 spiro atoms. The lowest BCUT2D eigenvalue weighted by Crippen LogP contribution is -2.23. The molecule has 0 amide bonds. The maximum atomic E-state index is 12.4. The fraction of sp³-hybridized carbons (Fsp3) is 0.500. The second-order valence-electron chi connectivity index (χ2n) is 7.51. The van der Waals surface area contributed by atoms with Crippen molar-refractivity contribution in [3.8, 4) is 0 Å². The molecule has 1 aliphatic rings. The molecule has 0 saturated heterocycles. The van der Waals surface area contributed by atoms with E-state index in [1.54, 1.807) is 0 Å². The lowest BCUT2D eigenvalue weighted by Gasteiger charge is -2.20. The number of pyridine rings is 1. The van der Waals surface area contributed by atoms with E-state index in [4.69, 9.17) is 4.74 Å². The van der Waals surface area contributed by atoms with Crippen molar-refractivity contribution >= 4 is 5.97 Å². The van der Waals surface area contributed by atoms with Crippen LogP contribution in [0.3, 0.4) is 0 Å². The van der Waals surface area contributed by atoms with Crippen LogP contribution in [0.25, 0.3) is 0 Å². The van der Waals surface area contributed by atoms with Crippen LogP contribution in [0.2, 0.25) is 0 Å². The third-order valence-electron chi connectivity index (χ3n) is 5.11. The van der Waals surface area contributed by atoms with E-state index in [1.165, 1.54) is 12.8 Å². The molecule has 2 heterocycles. The van der Waals surface area contributed by atoms with Crippen molar-refractivity contribution in [1.29, 1.82) is 0 Å². The summed E-state index contributed by atoms with van der Waals surface area (Å²) >= 11 is 0.